The summed E-state index contributed by atoms with van der Waals surface area (Å²) in [6.45, 7) is 3.67. The maximum atomic E-state index is 6.05. The van der Waals surface area contributed by atoms with Crippen molar-refractivity contribution < 1.29 is 4.74 Å². The first-order valence-corrected chi connectivity index (χ1v) is 7.37. The Morgan fingerprint density at radius 1 is 1.10 bits per heavy atom. The molecule has 1 N–H and O–H groups in total. The van der Waals surface area contributed by atoms with Crippen LogP contribution in [0.2, 0.25) is 5.02 Å². The number of hydrogen-bond acceptors (Lipinski definition) is 2. The summed E-state index contributed by atoms with van der Waals surface area (Å²) in [5.74, 6) is 0.865. The number of rotatable bonds is 7. The van der Waals surface area contributed by atoms with Crippen molar-refractivity contribution in [2.45, 2.75) is 19.8 Å². The van der Waals surface area contributed by atoms with E-state index < -0.39 is 0 Å². The molecule has 3 heteroatoms. The molecule has 0 unspecified atom stereocenters. The number of benzene rings is 2. The van der Waals surface area contributed by atoms with Gasteiger partial charge in [0.15, 0.2) is 0 Å². The minimum atomic E-state index is 0.717. The van der Waals surface area contributed by atoms with E-state index in [4.69, 9.17) is 16.3 Å². The molecule has 2 nitrogen and oxygen atoms in total. The fourth-order valence-corrected chi connectivity index (χ4v) is 2.14. The van der Waals surface area contributed by atoms with Crippen LogP contribution in [0.25, 0.3) is 0 Å². The summed E-state index contributed by atoms with van der Waals surface area (Å²) < 4.78 is 5.72. The normalized spacial score (nSPS) is 10.3. The van der Waals surface area contributed by atoms with Gasteiger partial charge in [0.1, 0.15) is 5.75 Å². The lowest BCUT2D eigenvalue weighted by atomic mass is 10.1. The molecule has 2 rings (SSSR count). The average molecular weight is 290 g/mol. The van der Waals surface area contributed by atoms with Crippen LogP contribution in [0.4, 0.5) is 5.69 Å². The molecule has 0 radical (unpaired) electrons. The Bertz CT molecular complexity index is 528. The largest absolute Gasteiger partial charge is 0.491 e. The molecule has 0 aliphatic heterocycles. The Labute approximate surface area is 125 Å². The number of anilines is 1. The average Bonchev–Trinajstić information content (AvgIpc) is 2.47. The van der Waals surface area contributed by atoms with E-state index in [1.165, 1.54) is 5.56 Å². The first-order valence-electron chi connectivity index (χ1n) is 6.99. The smallest absolute Gasteiger partial charge is 0.142 e. The van der Waals surface area contributed by atoms with Crippen LogP contribution in [0.3, 0.4) is 0 Å². The highest BCUT2D eigenvalue weighted by Crippen LogP contribution is 2.28. The van der Waals surface area contributed by atoms with Crippen molar-refractivity contribution >= 4 is 17.3 Å². The van der Waals surface area contributed by atoms with Crippen molar-refractivity contribution in [3.63, 3.8) is 0 Å². The van der Waals surface area contributed by atoms with Crippen LogP contribution >= 0.6 is 11.6 Å². The van der Waals surface area contributed by atoms with Gasteiger partial charge in [0.25, 0.3) is 0 Å². The van der Waals surface area contributed by atoms with Crippen LogP contribution in [0, 0.1) is 0 Å². The molecular weight excluding hydrogens is 270 g/mol. The Balaban J connectivity index is 1.95. The molecule has 0 atom stereocenters. The molecule has 0 saturated carbocycles. The molecule has 2 aromatic rings. The number of ether oxygens (including phenoxy) is 1. The quantitative estimate of drug-likeness (QED) is 0.792. The second kappa shape index (κ2) is 7.81. The van der Waals surface area contributed by atoms with Gasteiger partial charge in [-0.2, -0.15) is 0 Å². The van der Waals surface area contributed by atoms with Gasteiger partial charge in [-0.1, -0.05) is 48.9 Å². The van der Waals surface area contributed by atoms with Crippen LogP contribution < -0.4 is 10.1 Å². The molecule has 0 fully saturated rings. The second-order valence-electron chi connectivity index (χ2n) is 4.65. The minimum absolute atomic E-state index is 0.717. The van der Waals surface area contributed by atoms with E-state index in [-0.39, 0.29) is 0 Å². The molecule has 0 saturated heterocycles. The first-order chi connectivity index (χ1) is 9.79. The predicted octanol–water partition coefficient (Wildman–Crippen LogP) is 4.78. The molecule has 0 heterocycles. The van der Waals surface area contributed by atoms with Gasteiger partial charge in [-0.25, -0.2) is 0 Å². The SMILES string of the molecule is CCCOc1ccc(Cl)cc1NCCc1ccccc1. The number of nitrogens with one attached hydrogen (secondary N) is 1. The van der Waals surface area contributed by atoms with Crippen molar-refractivity contribution in [2.75, 3.05) is 18.5 Å². The summed E-state index contributed by atoms with van der Waals surface area (Å²) in [6.07, 6.45) is 1.96. The second-order valence-corrected chi connectivity index (χ2v) is 5.09. The molecule has 0 aliphatic rings. The molecule has 0 spiro atoms. The van der Waals surface area contributed by atoms with Crippen LogP contribution in [-0.2, 0) is 6.42 Å². The van der Waals surface area contributed by atoms with Gasteiger partial charge in [0, 0.05) is 11.6 Å². The van der Waals surface area contributed by atoms with E-state index in [1.807, 2.05) is 24.3 Å². The Hall–Kier alpha value is -1.67. The van der Waals surface area contributed by atoms with Gasteiger partial charge in [-0.15, -0.1) is 0 Å². The zero-order chi connectivity index (χ0) is 14.2. The third kappa shape index (κ3) is 4.46. The summed E-state index contributed by atoms with van der Waals surface area (Å²) in [5, 5.41) is 4.12. The van der Waals surface area contributed by atoms with Gasteiger partial charge in [-0.05, 0) is 36.6 Å². The van der Waals surface area contributed by atoms with Crippen molar-refractivity contribution in [3.05, 3.63) is 59.1 Å². The zero-order valence-corrected chi connectivity index (χ0v) is 12.5. The first kappa shape index (κ1) is 14.7. The van der Waals surface area contributed by atoms with E-state index in [0.29, 0.717) is 0 Å². The Kier molecular flexibility index (Phi) is 5.75. The van der Waals surface area contributed by atoms with Gasteiger partial charge >= 0.3 is 0 Å². The number of halogens is 1. The topological polar surface area (TPSA) is 21.3 Å². The van der Waals surface area contributed by atoms with Gasteiger partial charge in [0.2, 0.25) is 0 Å². The molecule has 0 amide bonds. The summed E-state index contributed by atoms with van der Waals surface area (Å²) in [5.41, 5.74) is 2.28. The molecule has 2 aromatic carbocycles. The standard InChI is InChI=1S/C17H20ClNO/c1-2-12-20-17-9-8-15(18)13-16(17)19-11-10-14-6-4-3-5-7-14/h3-9,13,19H,2,10-12H2,1H3. The third-order valence-corrected chi connectivity index (χ3v) is 3.21. The maximum Gasteiger partial charge on any atom is 0.142 e. The fourth-order valence-electron chi connectivity index (χ4n) is 1.96. The Morgan fingerprint density at radius 3 is 2.65 bits per heavy atom. The monoisotopic (exact) mass is 289 g/mol. The lowest BCUT2D eigenvalue weighted by molar-refractivity contribution is 0.319. The zero-order valence-electron chi connectivity index (χ0n) is 11.7. The van der Waals surface area contributed by atoms with E-state index in [0.717, 1.165) is 42.5 Å². The van der Waals surface area contributed by atoms with Crippen LogP contribution in [0.15, 0.2) is 48.5 Å². The van der Waals surface area contributed by atoms with Crippen molar-refractivity contribution in [1.29, 1.82) is 0 Å². The fraction of sp³-hybridized carbons (Fsp3) is 0.294. The molecule has 0 aliphatic carbocycles. The summed E-state index contributed by atoms with van der Waals surface area (Å²) in [4.78, 5) is 0. The summed E-state index contributed by atoms with van der Waals surface area (Å²) in [7, 11) is 0. The van der Waals surface area contributed by atoms with Gasteiger partial charge in [0.05, 0.1) is 12.3 Å². The van der Waals surface area contributed by atoms with Crippen molar-refractivity contribution in [1.82, 2.24) is 0 Å². The van der Waals surface area contributed by atoms with Crippen LogP contribution in [-0.4, -0.2) is 13.2 Å². The number of hydrogen-bond donors (Lipinski definition) is 1. The maximum absolute atomic E-state index is 6.05. The molecular formula is C17H20ClNO. The third-order valence-electron chi connectivity index (χ3n) is 2.98. The lowest BCUT2D eigenvalue weighted by Crippen LogP contribution is -2.07. The van der Waals surface area contributed by atoms with Gasteiger partial charge < -0.3 is 10.1 Å². The highest BCUT2D eigenvalue weighted by Gasteiger charge is 2.04. The highest BCUT2D eigenvalue weighted by molar-refractivity contribution is 6.30. The highest BCUT2D eigenvalue weighted by atomic mass is 35.5. The molecule has 106 valence electrons. The van der Waals surface area contributed by atoms with Crippen LogP contribution in [0.1, 0.15) is 18.9 Å². The summed E-state index contributed by atoms with van der Waals surface area (Å²) >= 11 is 6.05. The van der Waals surface area contributed by atoms with Crippen LogP contribution in [0.5, 0.6) is 5.75 Å². The predicted molar refractivity (Wildman–Crippen MR) is 85.9 cm³/mol. The van der Waals surface area contributed by atoms with Gasteiger partial charge in [-0.3, -0.25) is 0 Å². The Morgan fingerprint density at radius 2 is 1.90 bits per heavy atom. The van der Waals surface area contributed by atoms with E-state index in [2.05, 4.69) is 36.5 Å². The molecule has 20 heavy (non-hydrogen) atoms. The minimum Gasteiger partial charge on any atom is -0.491 e. The lowest BCUT2D eigenvalue weighted by Gasteiger charge is -2.13. The van der Waals surface area contributed by atoms with E-state index in [9.17, 15) is 0 Å². The van der Waals surface area contributed by atoms with E-state index >= 15 is 0 Å². The molecule has 0 aromatic heterocycles. The summed E-state index contributed by atoms with van der Waals surface area (Å²) in [6, 6.07) is 16.1. The van der Waals surface area contributed by atoms with Crippen molar-refractivity contribution in [3.8, 4) is 5.75 Å². The van der Waals surface area contributed by atoms with E-state index in [1.54, 1.807) is 0 Å². The van der Waals surface area contributed by atoms with Crippen molar-refractivity contribution in [2.24, 2.45) is 0 Å². The molecule has 0 bridgehead atoms.